The highest BCUT2D eigenvalue weighted by molar-refractivity contribution is 7.87. The summed E-state index contributed by atoms with van der Waals surface area (Å²) in [6, 6.07) is 0. The van der Waals surface area contributed by atoms with Gasteiger partial charge in [-0.25, -0.2) is 4.72 Å². The second-order valence-electron chi connectivity index (χ2n) is 5.07. The van der Waals surface area contributed by atoms with Gasteiger partial charge in [-0.1, -0.05) is 33.1 Å². The topological polar surface area (TPSA) is 49.4 Å². The van der Waals surface area contributed by atoms with Crippen molar-refractivity contribution in [3.8, 4) is 0 Å². The van der Waals surface area contributed by atoms with E-state index in [1.165, 1.54) is 12.8 Å². The quantitative estimate of drug-likeness (QED) is 0.715. The van der Waals surface area contributed by atoms with Gasteiger partial charge in [-0.3, -0.25) is 0 Å². The molecule has 1 aliphatic heterocycles. The molecule has 17 heavy (non-hydrogen) atoms. The zero-order chi connectivity index (χ0) is 12.7. The summed E-state index contributed by atoms with van der Waals surface area (Å²) in [6.07, 6.45) is 6.53. The van der Waals surface area contributed by atoms with Crippen LogP contribution in [0.25, 0.3) is 0 Å². The highest BCUT2D eigenvalue weighted by Crippen LogP contribution is 2.17. The maximum Gasteiger partial charge on any atom is 0.279 e. The Labute approximate surface area is 106 Å². The van der Waals surface area contributed by atoms with E-state index < -0.39 is 10.2 Å². The lowest BCUT2D eigenvalue weighted by Gasteiger charge is -2.29. The van der Waals surface area contributed by atoms with Crippen LogP contribution in [-0.4, -0.2) is 32.4 Å². The number of nitrogens with zero attached hydrogens (tertiary/aromatic N) is 1. The number of piperidine rings is 1. The van der Waals surface area contributed by atoms with E-state index in [1.807, 2.05) is 0 Å². The van der Waals surface area contributed by atoms with Gasteiger partial charge in [-0.15, -0.1) is 0 Å². The molecule has 0 saturated carbocycles. The Morgan fingerprint density at radius 1 is 1.29 bits per heavy atom. The molecule has 5 heteroatoms. The molecule has 0 aliphatic carbocycles. The number of nitrogens with one attached hydrogen (secondary N) is 1. The first-order valence-electron chi connectivity index (χ1n) is 6.81. The van der Waals surface area contributed by atoms with E-state index in [1.54, 1.807) is 4.31 Å². The first-order chi connectivity index (χ1) is 8.06. The summed E-state index contributed by atoms with van der Waals surface area (Å²) in [7, 11) is -3.22. The smallest absolute Gasteiger partial charge is 0.202 e. The molecule has 1 fully saturated rings. The normalized spacial score (nSPS) is 22.8. The lowest BCUT2D eigenvalue weighted by molar-refractivity contribution is 0.278. The van der Waals surface area contributed by atoms with Crippen LogP contribution in [0.4, 0.5) is 0 Å². The van der Waals surface area contributed by atoms with E-state index in [9.17, 15) is 8.42 Å². The molecule has 0 amide bonds. The Morgan fingerprint density at radius 2 is 2.06 bits per heavy atom. The average Bonchev–Trinajstić information content (AvgIpc) is 2.29. The molecule has 1 rings (SSSR count). The predicted molar refractivity (Wildman–Crippen MR) is 71.0 cm³/mol. The molecule has 0 aromatic heterocycles. The summed E-state index contributed by atoms with van der Waals surface area (Å²) in [5, 5.41) is 0. The zero-order valence-electron chi connectivity index (χ0n) is 11.1. The van der Waals surface area contributed by atoms with Crippen molar-refractivity contribution in [2.24, 2.45) is 5.92 Å². The fourth-order valence-electron chi connectivity index (χ4n) is 2.21. The van der Waals surface area contributed by atoms with Gasteiger partial charge in [0.15, 0.2) is 0 Å². The van der Waals surface area contributed by atoms with E-state index in [0.29, 0.717) is 25.6 Å². The minimum Gasteiger partial charge on any atom is -0.202 e. The van der Waals surface area contributed by atoms with Gasteiger partial charge in [0.05, 0.1) is 0 Å². The lowest BCUT2D eigenvalue weighted by Crippen LogP contribution is -2.45. The Morgan fingerprint density at radius 3 is 2.71 bits per heavy atom. The lowest BCUT2D eigenvalue weighted by atomic mass is 10.0. The summed E-state index contributed by atoms with van der Waals surface area (Å²) < 4.78 is 28.3. The molecule has 1 heterocycles. The maximum absolute atomic E-state index is 12.0. The highest BCUT2D eigenvalue weighted by atomic mass is 32.2. The first-order valence-corrected chi connectivity index (χ1v) is 8.25. The number of unbranched alkanes of at least 4 members (excludes halogenated alkanes) is 3. The van der Waals surface area contributed by atoms with E-state index in [2.05, 4.69) is 18.6 Å². The van der Waals surface area contributed by atoms with Crippen LogP contribution >= 0.6 is 0 Å². The number of hydrogen-bond donors (Lipinski definition) is 1. The van der Waals surface area contributed by atoms with Crippen LogP contribution in [0.2, 0.25) is 0 Å². The Bertz CT molecular complexity index is 304. The van der Waals surface area contributed by atoms with Crippen molar-refractivity contribution in [1.29, 1.82) is 0 Å². The van der Waals surface area contributed by atoms with Crippen LogP contribution in [-0.2, 0) is 10.2 Å². The minimum absolute atomic E-state index is 0.486. The number of hydrogen-bond acceptors (Lipinski definition) is 2. The molecule has 0 bridgehead atoms. The van der Waals surface area contributed by atoms with Crippen LogP contribution < -0.4 is 4.72 Å². The van der Waals surface area contributed by atoms with Crippen molar-refractivity contribution in [3.05, 3.63) is 0 Å². The fraction of sp³-hybridized carbons (Fsp3) is 1.00. The summed E-state index contributed by atoms with van der Waals surface area (Å²) in [6.45, 7) is 6.19. The Balaban J connectivity index is 2.29. The third-order valence-electron chi connectivity index (χ3n) is 3.27. The Hall–Kier alpha value is -0.130. The maximum atomic E-state index is 12.0. The van der Waals surface area contributed by atoms with Crippen molar-refractivity contribution in [2.45, 2.75) is 52.4 Å². The molecule has 0 aromatic carbocycles. The summed E-state index contributed by atoms with van der Waals surface area (Å²) >= 11 is 0. The van der Waals surface area contributed by atoms with Crippen molar-refractivity contribution in [2.75, 3.05) is 19.6 Å². The van der Waals surface area contributed by atoms with E-state index in [-0.39, 0.29) is 0 Å². The molecule has 4 nitrogen and oxygen atoms in total. The average molecular weight is 262 g/mol. The molecule has 102 valence electrons. The molecule has 1 saturated heterocycles. The number of rotatable bonds is 7. The highest BCUT2D eigenvalue weighted by Gasteiger charge is 2.26. The molecule has 1 aliphatic rings. The second-order valence-corrected chi connectivity index (χ2v) is 6.82. The van der Waals surface area contributed by atoms with Crippen LogP contribution in [0.3, 0.4) is 0 Å². The molecule has 0 aromatic rings. The largest absolute Gasteiger partial charge is 0.279 e. The van der Waals surface area contributed by atoms with Crippen molar-refractivity contribution in [1.82, 2.24) is 9.03 Å². The van der Waals surface area contributed by atoms with Crippen LogP contribution in [0.15, 0.2) is 0 Å². The SMILES string of the molecule is CCCCCCNS(=O)(=O)N1CCCC(C)C1. The summed E-state index contributed by atoms with van der Waals surface area (Å²) in [4.78, 5) is 0. The minimum atomic E-state index is -3.22. The third-order valence-corrected chi connectivity index (χ3v) is 4.85. The van der Waals surface area contributed by atoms with E-state index in [4.69, 9.17) is 0 Å². The van der Waals surface area contributed by atoms with Crippen molar-refractivity contribution in [3.63, 3.8) is 0 Å². The monoisotopic (exact) mass is 262 g/mol. The van der Waals surface area contributed by atoms with Gasteiger partial charge in [0, 0.05) is 19.6 Å². The standard InChI is InChI=1S/C12H26N2O2S/c1-3-4-5-6-9-13-17(15,16)14-10-7-8-12(2)11-14/h12-13H,3-11H2,1-2H3. The van der Waals surface area contributed by atoms with E-state index in [0.717, 1.165) is 25.7 Å². The Kier molecular flexibility index (Phi) is 6.44. The van der Waals surface area contributed by atoms with Gasteiger partial charge in [-0.05, 0) is 25.2 Å². The van der Waals surface area contributed by atoms with Crippen LogP contribution in [0.1, 0.15) is 52.4 Å². The van der Waals surface area contributed by atoms with Gasteiger partial charge >= 0.3 is 0 Å². The van der Waals surface area contributed by atoms with Gasteiger partial charge in [0.25, 0.3) is 10.2 Å². The predicted octanol–water partition coefficient (Wildman–Crippen LogP) is 2.13. The molecule has 0 radical (unpaired) electrons. The van der Waals surface area contributed by atoms with Gasteiger partial charge in [-0.2, -0.15) is 12.7 Å². The second kappa shape index (κ2) is 7.34. The molecule has 1 N–H and O–H groups in total. The van der Waals surface area contributed by atoms with Gasteiger partial charge in [0.2, 0.25) is 0 Å². The van der Waals surface area contributed by atoms with Gasteiger partial charge in [0.1, 0.15) is 0 Å². The fourth-order valence-corrected chi connectivity index (χ4v) is 3.61. The molecular formula is C12H26N2O2S. The zero-order valence-corrected chi connectivity index (χ0v) is 11.9. The van der Waals surface area contributed by atoms with Gasteiger partial charge < -0.3 is 0 Å². The molecule has 1 atom stereocenters. The van der Waals surface area contributed by atoms with Crippen molar-refractivity contribution < 1.29 is 8.42 Å². The first kappa shape index (κ1) is 14.9. The van der Waals surface area contributed by atoms with E-state index >= 15 is 0 Å². The summed E-state index contributed by atoms with van der Waals surface area (Å²) in [5.41, 5.74) is 0. The third kappa shape index (κ3) is 5.36. The van der Waals surface area contributed by atoms with Crippen LogP contribution in [0, 0.1) is 5.92 Å². The van der Waals surface area contributed by atoms with Crippen LogP contribution in [0.5, 0.6) is 0 Å². The van der Waals surface area contributed by atoms with Crippen molar-refractivity contribution >= 4 is 10.2 Å². The summed E-state index contributed by atoms with van der Waals surface area (Å²) in [5.74, 6) is 0.486. The molecular weight excluding hydrogens is 236 g/mol. The molecule has 0 spiro atoms. The molecule has 1 unspecified atom stereocenters.